The Hall–Kier alpha value is -1.80. The van der Waals surface area contributed by atoms with Gasteiger partial charge in [0.2, 0.25) is 0 Å². The van der Waals surface area contributed by atoms with Crippen LogP contribution in [0.25, 0.3) is 0 Å². The van der Waals surface area contributed by atoms with Crippen LogP contribution in [0.3, 0.4) is 0 Å². The van der Waals surface area contributed by atoms with Gasteiger partial charge in [0, 0.05) is 58.9 Å². The molecule has 3 N–H and O–H groups in total. The number of nitrogens with zero attached hydrogens (tertiary/aromatic N) is 4. The maximum absolute atomic E-state index is 12.4. The van der Waals surface area contributed by atoms with Crippen molar-refractivity contribution in [1.82, 2.24) is 19.6 Å². The van der Waals surface area contributed by atoms with Crippen molar-refractivity contribution < 1.29 is 38.1 Å². The van der Waals surface area contributed by atoms with Crippen LogP contribution in [-0.4, -0.2) is 151 Å². The summed E-state index contributed by atoms with van der Waals surface area (Å²) in [5.41, 5.74) is 0. The molecule has 1 aliphatic heterocycles. The molecule has 0 aliphatic carbocycles. The Labute approximate surface area is 202 Å². The first-order chi connectivity index (χ1) is 15.9. The number of aliphatic carboxylic acids is 3. The van der Waals surface area contributed by atoms with Crippen LogP contribution in [0.2, 0.25) is 0 Å². The summed E-state index contributed by atoms with van der Waals surface area (Å²) in [5.74, 6) is -2.60. The molecule has 34 heavy (non-hydrogen) atoms. The SMILES string of the molecule is CC(C)CCS(=O)(=O)CCN1CCN(CC(=O)O)CCN(CC(=O)O)CCN(CC(=O)O)CC1. The molecule has 1 heterocycles. The smallest absolute Gasteiger partial charge is 0.317 e. The molecule has 0 aromatic carbocycles. The summed E-state index contributed by atoms with van der Waals surface area (Å²) in [5, 5.41) is 27.7. The van der Waals surface area contributed by atoms with E-state index in [1.165, 1.54) is 0 Å². The van der Waals surface area contributed by atoms with E-state index in [2.05, 4.69) is 0 Å². The number of carboxylic acid groups (broad SMARTS) is 3. The summed E-state index contributed by atoms with van der Waals surface area (Å²) < 4.78 is 24.9. The van der Waals surface area contributed by atoms with Gasteiger partial charge >= 0.3 is 17.9 Å². The van der Waals surface area contributed by atoms with E-state index in [-0.39, 0.29) is 43.6 Å². The fourth-order valence-electron chi connectivity index (χ4n) is 3.64. The highest BCUT2D eigenvalue weighted by molar-refractivity contribution is 7.91. The second kappa shape index (κ2) is 15.2. The van der Waals surface area contributed by atoms with E-state index in [0.29, 0.717) is 58.8 Å². The van der Waals surface area contributed by atoms with Crippen LogP contribution in [0.4, 0.5) is 0 Å². The zero-order valence-corrected chi connectivity index (χ0v) is 21.1. The maximum atomic E-state index is 12.4. The standard InChI is InChI=1S/C21H40N4O8S/c1-18(2)3-13-34(32,33)14-12-22-4-6-23(15-19(26)27)8-10-25(17-21(30)31)11-9-24(7-5-22)16-20(28)29/h18H,3-17H2,1-2H3,(H,26,27)(H,28,29)(H,30,31). The molecule has 13 heteroatoms. The molecule has 12 nitrogen and oxygen atoms in total. The molecule has 0 aromatic heterocycles. The first kappa shape index (κ1) is 30.2. The van der Waals surface area contributed by atoms with Gasteiger partial charge in [-0.25, -0.2) is 8.42 Å². The first-order valence-corrected chi connectivity index (χ1v) is 13.4. The third-order valence-electron chi connectivity index (χ3n) is 5.73. The lowest BCUT2D eigenvalue weighted by atomic mass is 10.2. The lowest BCUT2D eigenvalue weighted by molar-refractivity contribution is -0.140. The van der Waals surface area contributed by atoms with Crippen molar-refractivity contribution >= 4 is 27.7 Å². The molecule has 1 fully saturated rings. The van der Waals surface area contributed by atoms with Crippen molar-refractivity contribution in [2.75, 3.05) is 90.0 Å². The van der Waals surface area contributed by atoms with Crippen LogP contribution in [-0.2, 0) is 24.2 Å². The van der Waals surface area contributed by atoms with Gasteiger partial charge in [-0.2, -0.15) is 0 Å². The molecular formula is C21H40N4O8S. The lowest BCUT2D eigenvalue weighted by Crippen LogP contribution is -2.49. The highest BCUT2D eigenvalue weighted by Crippen LogP contribution is 2.06. The molecule has 0 bridgehead atoms. The summed E-state index contributed by atoms with van der Waals surface area (Å²) in [7, 11) is -3.23. The second-order valence-corrected chi connectivity index (χ2v) is 11.5. The molecule has 1 saturated heterocycles. The Morgan fingerprint density at radius 1 is 0.647 bits per heavy atom. The van der Waals surface area contributed by atoms with Crippen molar-refractivity contribution in [3.05, 3.63) is 0 Å². The number of carbonyl (C=O) groups is 3. The normalized spacial score (nSPS) is 18.9. The van der Waals surface area contributed by atoms with Crippen LogP contribution in [0.15, 0.2) is 0 Å². The first-order valence-electron chi connectivity index (χ1n) is 11.6. The highest BCUT2D eigenvalue weighted by atomic mass is 32.2. The van der Waals surface area contributed by atoms with Gasteiger partial charge in [-0.15, -0.1) is 0 Å². The molecule has 1 rings (SSSR count). The third-order valence-corrected chi connectivity index (χ3v) is 7.39. The van der Waals surface area contributed by atoms with Crippen molar-refractivity contribution in [3.8, 4) is 0 Å². The number of carboxylic acids is 3. The zero-order valence-electron chi connectivity index (χ0n) is 20.3. The number of sulfone groups is 1. The molecule has 0 unspecified atom stereocenters. The minimum atomic E-state index is -3.23. The van der Waals surface area contributed by atoms with Crippen molar-refractivity contribution in [2.24, 2.45) is 5.92 Å². The summed E-state index contributed by atoms with van der Waals surface area (Å²) >= 11 is 0. The van der Waals surface area contributed by atoms with Gasteiger partial charge in [0.1, 0.15) is 0 Å². The van der Waals surface area contributed by atoms with Gasteiger partial charge < -0.3 is 15.3 Å². The largest absolute Gasteiger partial charge is 0.480 e. The van der Waals surface area contributed by atoms with Crippen molar-refractivity contribution in [1.29, 1.82) is 0 Å². The average Bonchev–Trinajstić information content (AvgIpc) is 2.70. The van der Waals surface area contributed by atoms with E-state index >= 15 is 0 Å². The van der Waals surface area contributed by atoms with Crippen LogP contribution in [0.1, 0.15) is 20.3 Å². The average molecular weight is 509 g/mol. The molecule has 0 aromatic rings. The predicted octanol–water partition coefficient (Wildman–Crippen LogP) is -1.08. The van der Waals surface area contributed by atoms with Crippen molar-refractivity contribution in [3.63, 3.8) is 0 Å². The molecule has 0 amide bonds. The van der Waals surface area contributed by atoms with Gasteiger partial charge in [-0.1, -0.05) is 13.8 Å². The van der Waals surface area contributed by atoms with E-state index in [1.807, 2.05) is 18.7 Å². The Balaban J connectivity index is 2.93. The molecule has 0 saturated carbocycles. The Kier molecular flexibility index (Phi) is 13.6. The van der Waals surface area contributed by atoms with Crippen LogP contribution in [0.5, 0.6) is 0 Å². The molecule has 0 spiro atoms. The highest BCUT2D eigenvalue weighted by Gasteiger charge is 2.21. The van der Waals surface area contributed by atoms with E-state index in [4.69, 9.17) is 0 Å². The fourth-order valence-corrected chi connectivity index (χ4v) is 5.21. The van der Waals surface area contributed by atoms with Crippen LogP contribution >= 0.6 is 0 Å². The Bertz CT molecular complexity index is 730. The van der Waals surface area contributed by atoms with Crippen LogP contribution in [0, 0.1) is 5.92 Å². The summed E-state index contributed by atoms with van der Waals surface area (Å²) in [6.45, 7) is 6.51. The van der Waals surface area contributed by atoms with Crippen LogP contribution < -0.4 is 0 Å². The quantitative estimate of drug-likeness (QED) is 0.293. The lowest BCUT2D eigenvalue weighted by Gasteiger charge is -2.33. The monoisotopic (exact) mass is 508 g/mol. The molecule has 198 valence electrons. The van der Waals surface area contributed by atoms with Gasteiger partial charge in [0.25, 0.3) is 0 Å². The third kappa shape index (κ3) is 14.5. The minimum absolute atomic E-state index is 0.00995. The predicted molar refractivity (Wildman–Crippen MR) is 127 cm³/mol. The summed E-state index contributed by atoms with van der Waals surface area (Å²) in [6, 6.07) is 0. The fraction of sp³-hybridized carbons (Fsp3) is 0.857. The van der Waals surface area contributed by atoms with E-state index in [1.54, 1.807) is 14.7 Å². The summed E-state index contributed by atoms with van der Waals surface area (Å²) in [6.07, 6.45) is 0.591. The van der Waals surface area contributed by atoms with Crippen molar-refractivity contribution in [2.45, 2.75) is 20.3 Å². The van der Waals surface area contributed by atoms with E-state index in [0.717, 1.165) is 0 Å². The Morgan fingerprint density at radius 2 is 0.971 bits per heavy atom. The molecular weight excluding hydrogens is 468 g/mol. The van der Waals surface area contributed by atoms with E-state index in [9.17, 15) is 38.1 Å². The number of hydrogen-bond acceptors (Lipinski definition) is 9. The second-order valence-electron chi connectivity index (χ2n) is 9.19. The van der Waals surface area contributed by atoms with Gasteiger partial charge in [-0.05, 0) is 12.3 Å². The van der Waals surface area contributed by atoms with Gasteiger partial charge in [-0.3, -0.25) is 34.0 Å². The topological polar surface area (TPSA) is 159 Å². The van der Waals surface area contributed by atoms with Gasteiger partial charge in [0.05, 0.1) is 31.1 Å². The van der Waals surface area contributed by atoms with Gasteiger partial charge in [0.15, 0.2) is 9.84 Å². The Morgan fingerprint density at radius 3 is 1.26 bits per heavy atom. The molecule has 0 radical (unpaired) electrons. The molecule has 0 atom stereocenters. The van der Waals surface area contributed by atoms with E-state index < -0.39 is 27.7 Å². The summed E-state index contributed by atoms with van der Waals surface area (Å²) in [4.78, 5) is 40.9. The minimum Gasteiger partial charge on any atom is -0.480 e. The molecule has 1 aliphatic rings. The maximum Gasteiger partial charge on any atom is 0.317 e. The number of rotatable bonds is 12. The number of hydrogen-bond donors (Lipinski definition) is 3. The zero-order chi connectivity index (χ0) is 25.7.